The van der Waals surface area contributed by atoms with Crippen molar-refractivity contribution in [2.45, 2.75) is 6.92 Å². The summed E-state index contributed by atoms with van der Waals surface area (Å²) in [5, 5.41) is 16.6. The van der Waals surface area contributed by atoms with E-state index in [4.69, 9.17) is 0 Å². The molecule has 0 saturated carbocycles. The lowest BCUT2D eigenvalue weighted by molar-refractivity contribution is -0.402. The summed E-state index contributed by atoms with van der Waals surface area (Å²) in [6.45, 7) is 1.33. The van der Waals surface area contributed by atoms with Crippen LogP contribution in [0.5, 0.6) is 0 Å². The minimum absolute atomic E-state index is 0.0632. The first-order valence-corrected chi connectivity index (χ1v) is 6.04. The van der Waals surface area contributed by atoms with Crippen LogP contribution in [0.1, 0.15) is 6.92 Å². The smallest absolute Gasteiger partial charge is 0.346 e. The predicted molar refractivity (Wildman–Crippen MR) is 78.8 cm³/mol. The normalized spacial score (nSPS) is 11.5. The summed E-state index contributed by atoms with van der Waals surface area (Å²) in [7, 11) is 1.08. The van der Waals surface area contributed by atoms with E-state index in [1.807, 2.05) is 0 Å². The summed E-state index contributed by atoms with van der Waals surface area (Å²) in [4.78, 5) is 32.7. The SMILES string of the molecule is COC(=O)C(=C\[N+](=O)[O-])/C(C)=N/NC(=O)Nc1ccccc1. The number of nitrogens with one attached hydrogen (secondary N) is 2. The molecule has 0 bridgehead atoms. The minimum Gasteiger partial charge on any atom is -0.465 e. The third kappa shape index (κ3) is 5.41. The van der Waals surface area contributed by atoms with Crippen LogP contribution in [0, 0.1) is 10.1 Å². The molecule has 0 spiro atoms. The molecular weight excluding hydrogens is 292 g/mol. The molecule has 0 aliphatic carbocycles. The molecule has 22 heavy (non-hydrogen) atoms. The molecule has 1 aromatic rings. The zero-order chi connectivity index (χ0) is 16.5. The molecule has 0 aliphatic rings. The van der Waals surface area contributed by atoms with Crippen LogP contribution in [0.3, 0.4) is 0 Å². The summed E-state index contributed by atoms with van der Waals surface area (Å²) in [5.41, 5.74) is 2.24. The van der Waals surface area contributed by atoms with Crippen LogP contribution >= 0.6 is 0 Å². The highest BCUT2D eigenvalue weighted by molar-refractivity contribution is 6.18. The molecule has 9 heteroatoms. The van der Waals surface area contributed by atoms with Crippen molar-refractivity contribution in [3.05, 3.63) is 52.2 Å². The number of amides is 2. The number of anilines is 1. The number of para-hydroxylation sites is 1. The number of benzene rings is 1. The van der Waals surface area contributed by atoms with Gasteiger partial charge in [-0.05, 0) is 19.1 Å². The molecule has 0 unspecified atom stereocenters. The average molecular weight is 306 g/mol. The predicted octanol–water partition coefficient (Wildman–Crippen LogP) is 1.52. The Labute approximate surface area is 125 Å². The number of hydrogen-bond donors (Lipinski definition) is 2. The van der Waals surface area contributed by atoms with E-state index in [2.05, 4.69) is 20.6 Å². The van der Waals surface area contributed by atoms with E-state index in [1.54, 1.807) is 30.3 Å². The van der Waals surface area contributed by atoms with Crippen molar-refractivity contribution in [3.63, 3.8) is 0 Å². The first-order valence-electron chi connectivity index (χ1n) is 6.04. The third-order valence-electron chi connectivity index (χ3n) is 2.39. The number of hydrogen-bond acceptors (Lipinski definition) is 6. The highest BCUT2D eigenvalue weighted by Gasteiger charge is 2.18. The van der Waals surface area contributed by atoms with Crippen molar-refractivity contribution in [3.8, 4) is 0 Å². The summed E-state index contributed by atoms with van der Waals surface area (Å²) in [5.74, 6) is -0.928. The Kier molecular flexibility index (Phi) is 6.23. The van der Waals surface area contributed by atoms with E-state index in [9.17, 15) is 19.7 Å². The molecule has 9 nitrogen and oxygen atoms in total. The molecule has 0 fully saturated rings. The van der Waals surface area contributed by atoms with Crippen LogP contribution in [0.25, 0.3) is 0 Å². The Hall–Kier alpha value is -3.23. The fraction of sp³-hybridized carbons (Fsp3) is 0.154. The van der Waals surface area contributed by atoms with Crippen molar-refractivity contribution in [1.29, 1.82) is 0 Å². The molecule has 0 aliphatic heterocycles. The number of nitrogens with zero attached hydrogens (tertiary/aromatic N) is 2. The monoisotopic (exact) mass is 306 g/mol. The number of methoxy groups -OCH3 is 1. The largest absolute Gasteiger partial charge is 0.465 e. The van der Waals surface area contributed by atoms with Crippen LogP contribution in [0.4, 0.5) is 10.5 Å². The van der Waals surface area contributed by atoms with Gasteiger partial charge in [-0.2, -0.15) is 5.10 Å². The van der Waals surface area contributed by atoms with Crippen LogP contribution in [-0.2, 0) is 9.53 Å². The van der Waals surface area contributed by atoms with Gasteiger partial charge in [-0.25, -0.2) is 15.0 Å². The van der Waals surface area contributed by atoms with Gasteiger partial charge < -0.3 is 10.1 Å². The molecule has 0 aromatic heterocycles. The zero-order valence-corrected chi connectivity index (χ0v) is 11.9. The first kappa shape index (κ1) is 16.8. The van der Waals surface area contributed by atoms with Crippen molar-refractivity contribution in [2.24, 2.45) is 5.10 Å². The Morgan fingerprint density at radius 1 is 1.32 bits per heavy atom. The fourth-order valence-corrected chi connectivity index (χ4v) is 1.38. The molecule has 2 amide bonds. The number of rotatable bonds is 5. The Bertz CT molecular complexity index is 625. The standard InChI is InChI=1S/C13H14N4O5/c1-9(11(8-17(20)21)12(18)22-2)15-16-13(19)14-10-6-4-3-5-7-10/h3-8H,1-2H3,(H2,14,16,19)/b11-8-,15-9+. The number of ether oxygens (including phenoxy) is 1. The van der Waals surface area contributed by atoms with Crippen LogP contribution in [-0.4, -0.2) is 29.7 Å². The van der Waals surface area contributed by atoms with E-state index >= 15 is 0 Å². The molecular formula is C13H14N4O5. The minimum atomic E-state index is -0.928. The molecule has 116 valence electrons. The Morgan fingerprint density at radius 2 is 1.95 bits per heavy atom. The third-order valence-corrected chi connectivity index (χ3v) is 2.39. The molecule has 0 heterocycles. The summed E-state index contributed by atoms with van der Waals surface area (Å²) in [6, 6.07) is 7.94. The number of nitro groups is 1. The molecule has 1 rings (SSSR count). The second kappa shape index (κ2) is 8.15. The van der Waals surface area contributed by atoms with Crippen molar-refractivity contribution >= 4 is 23.4 Å². The Balaban J connectivity index is 2.76. The van der Waals surface area contributed by atoms with E-state index in [1.165, 1.54) is 6.92 Å². The van der Waals surface area contributed by atoms with Gasteiger partial charge in [0.1, 0.15) is 0 Å². The maximum absolute atomic E-state index is 11.6. The lowest BCUT2D eigenvalue weighted by atomic mass is 10.2. The first-order chi connectivity index (χ1) is 10.4. The molecule has 0 saturated heterocycles. The van der Waals surface area contributed by atoms with Gasteiger partial charge in [-0.3, -0.25) is 10.1 Å². The highest BCUT2D eigenvalue weighted by atomic mass is 16.6. The van der Waals surface area contributed by atoms with Gasteiger partial charge in [-0.1, -0.05) is 18.2 Å². The van der Waals surface area contributed by atoms with E-state index in [0.29, 0.717) is 11.9 Å². The molecule has 1 aromatic carbocycles. The number of carbonyl (C=O) groups is 2. The average Bonchev–Trinajstić information content (AvgIpc) is 2.50. The van der Waals surface area contributed by atoms with E-state index in [-0.39, 0.29) is 11.3 Å². The van der Waals surface area contributed by atoms with Gasteiger partial charge in [-0.15, -0.1) is 0 Å². The lowest BCUT2D eigenvalue weighted by Gasteiger charge is -2.05. The van der Waals surface area contributed by atoms with Gasteiger partial charge >= 0.3 is 12.0 Å². The van der Waals surface area contributed by atoms with Crippen LogP contribution < -0.4 is 10.7 Å². The Morgan fingerprint density at radius 3 is 2.50 bits per heavy atom. The van der Waals surface area contributed by atoms with Crippen molar-refractivity contribution < 1.29 is 19.2 Å². The van der Waals surface area contributed by atoms with Gasteiger partial charge in [0.2, 0.25) is 0 Å². The van der Waals surface area contributed by atoms with Crippen LogP contribution in [0.2, 0.25) is 0 Å². The molecule has 0 radical (unpaired) electrons. The topological polar surface area (TPSA) is 123 Å². The van der Waals surface area contributed by atoms with Crippen LogP contribution in [0.15, 0.2) is 47.2 Å². The number of urea groups is 1. The zero-order valence-electron chi connectivity index (χ0n) is 11.9. The lowest BCUT2D eigenvalue weighted by Crippen LogP contribution is -2.26. The molecule has 0 atom stereocenters. The van der Waals surface area contributed by atoms with Gasteiger partial charge in [0.25, 0.3) is 6.20 Å². The maximum atomic E-state index is 11.6. The maximum Gasteiger partial charge on any atom is 0.346 e. The van der Waals surface area contributed by atoms with Crippen molar-refractivity contribution in [2.75, 3.05) is 12.4 Å². The quantitative estimate of drug-likeness (QED) is 0.281. The summed E-state index contributed by atoms with van der Waals surface area (Å²) >= 11 is 0. The second-order valence-corrected chi connectivity index (χ2v) is 3.95. The van der Waals surface area contributed by atoms with Gasteiger partial charge in [0, 0.05) is 5.69 Å². The van der Waals surface area contributed by atoms with E-state index < -0.39 is 16.9 Å². The highest BCUT2D eigenvalue weighted by Crippen LogP contribution is 2.05. The van der Waals surface area contributed by atoms with E-state index in [0.717, 1.165) is 7.11 Å². The number of carbonyl (C=O) groups excluding carboxylic acids is 2. The van der Waals surface area contributed by atoms with Crippen molar-refractivity contribution in [1.82, 2.24) is 5.43 Å². The summed E-state index contributed by atoms with van der Waals surface area (Å²) in [6.07, 6.45) is 0.460. The summed E-state index contributed by atoms with van der Waals surface area (Å²) < 4.78 is 4.42. The number of esters is 1. The van der Waals surface area contributed by atoms with Gasteiger partial charge in [0.15, 0.2) is 5.57 Å². The van der Waals surface area contributed by atoms with Gasteiger partial charge in [0.05, 0.1) is 17.7 Å². The number of hydrazone groups is 1. The second-order valence-electron chi connectivity index (χ2n) is 3.95. The fourth-order valence-electron chi connectivity index (χ4n) is 1.38. The molecule has 2 N–H and O–H groups in total.